The van der Waals surface area contributed by atoms with Gasteiger partial charge in [-0.05, 0) is 24.2 Å². The molecule has 3 N–H and O–H groups in total. The maximum absolute atomic E-state index is 13.2. The van der Waals surface area contributed by atoms with Crippen molar-refractivity contribution in [3.63, 3.8) is 0 Å². The molecule has 170 valence electrons. The third-order valence-corrected chi connectivity index (χ3v) is 6.02. The number of amides is 3. The molecule has 3 amide bonds. The maximum Gasteiger partial charge on any atom is 0.318 e. The summed E-state index contributed by atoms with van der Waals surface area (Å²) in [6.07, 6.45) is -0.348. The van der Waals surface area contributed by atoms with Crippen LogP contribution in [0.2, 0.25) is 0 Å². The van der Waals surface area contributed by atoms with Crippen LogP contribution >= 0.6 is 0 Å². The molecule has 2 aliphatic heterocycles. The molecule has 0 spiro atoms. The van der Waals surface area contributed by atoms with Gasteiger partial charge in [0.2, 0.25) is 12.2 Å². The van der Waals surface area contributed by atoms with E-state index in [1.165, 1.54) is 0 Å². The van der Waals surface area contributed by atoms with E-state index < -0.39 is 18.4 Å². The number of hydrogen-bond acceptors (Lipinski definition) is 5. The topological polar surface area (TPSA) is 94.1 Å². The van der Waals surface area contributed by atoms with Crippen molar-refractivity contribution in [2.45, 2.75) is 31.2 Å². The second-order valence-corrected chi connectivity index (χ2v) is 8.42. The molecule has 2 unspecified atom stereocenters. The van der Waals surface area contributed by atoms with E-state index in [2.05, 4.69) is 15.5 Å². The number of nitrogens with zero attached hydrogens (tertiary/aromatic N) is 2. The summed E-state index contributed by atoms with van der Waals surface area (Å²) in [5.41, 5.74) is 1.86. The van der Waals surface area contributed by atoms with Crippen LogP contribution in [0.15, 0.2) is 54.6 Å². The lowest BCUT2D eigenvalue weighted by atomic mass is 10.00. The predicted octanol–water partition coefficient (Wildman–Crippen LogP) is 0.993. The lowest BCUT2D eigenvalue weighted by Crippen LogP contribution is -2.58. The Morgan fingerprint density at radius 2 is 1.75 bits per heavy atom. The van der Waals surface area contributed by atoms with Crippen LogP contribution in [0.25, 0.3) is 0 Å². The first-order valence-corrected chi connectivity index (χ1v) is 11.0. The van der Waals surface area contributed by atoms with Crippen LogP contribution in [-0.4, -0.2) is 78.4 Å². The minimum absolute atomic E-state index is 0.250. The Morgan fingerprint density at radius 1 is 1.06 bits per heavy atom. The fourth-order valence-electron chi connectivity index (χ4n) is 4.05. The van der Waals surface area contributed by atoms with E-state index in [4.69, 9.17) is 4.74 Å². The molecule has 8 heteroatoms. The second-order valence-electron chi connectivity index (χ2n) is 8.42. The monoisotopic (exact) mass is 438 g/mol. The van der Waals surface area contributed by atoms with Crippen molar-refractivity contribution in [1.29, 1.82) is 0 Å². The average Bonchev–Trinajstić information content (AvgIpc) is 2.80. The predicted molar refractivity (Wildman–Crippen MR) is 120 cm³/mol. The van der Waals surface area contributed by atoms with Gasteiger partial charge in [-0.1, -0.05) is 48.5 Å². The number of nitrogens with one attached hydrogen (secondary N) is 2. The van der Waals surface area contributed by atoms with Gasteiger partial charge in [0, 0.05) is 39.0 Å². The number of aliphatic hydroxyl groups excluding tert-OH is 1. The van der Waals surface area contributed by atoms with Crippen LogP contribution < -0.4 is 15.4 Å². The van der Waals surface area contributed by atoms with Gasteiger partial charge in [-0.15, -0.1) is 0 Å². The zero-order chi connectivity index (χ0) is 22.5. The van der Waals surface area contributed by atoms with Gasteiger partial charge in [0.25, 0.3) is 0 Å². The van der Waals surface area contributed by atoms with Crippen molar-refractivity contribution in [2.24, 2.45) is 0 Å². The van der Waals surface area contributed by atoms with Crippen LogP contribution in [-0.2, 0) is 17.6 Å². The number of carbonyl (C=O) groups is 2. The van der Waals surface area contributed by atoms with Crippen molar-refractivity contribution in [3.8, 4) is 5.75 Å². The Morgan fingerprint density at radius 3 is 2.50 bits per heavy atom. The number of para-hydroxylation sites is 1. The molecule has 2 heterocycles. The van der Waals surface area contributed by atoms with Gasteiger partial charge in [0.05, 0.1) is 6.04 Å². The molecule has 0 radical (unpaired) electrons. The lowest BCUT2D eigenvalue weighted by molar-refractivity contribution is -0.128. The fourth-order valence-corrected chi connectivity index (χ4v) is 4.05. The molecule has 32 heavy (non-hydrogen) atoms. The highest BCUT2D eigenvalue weighted by Gasteiger charge is 2.33. The van der Waals surface area contributed by atoms with Gasteiger partial charge < -0.3 is 30.3 Å². The van der Waals surface area contributed by atoms with E-state index in [0.29, 0.717) is 31.7 Å². The number of benzene rings is 2. The molecule has 4 rings (SSSR count). The SMILES string of the molecule is CN1CCN(C(=O)N[C@@H](Cc2ccccc2)C(=O)NC2Cc3ccccc3OC2O)CC1. The highest BCUT2D eigenvalue weighted by molar-refractivity contribution is 5.87. The standard InChI is InChI=1S/C24H30N4O4/c1-27-11-13-28(14-12-27)24(31)26-19(15-17-7-3-2-4-8-17)22(29)25-20-16-18-9-5-6-10-21(18)32-23(20)30/h2-10,19-20,23,30H,11-16H2,1H3,(H,25,29)(H,26,31)/t19-,20?,23?/m0/s1. The first-order chi connectivity index (χ1) is 15.5. The highest BCUT2D eigenvalue weighted by atomic mass is 16.6. The molecule has 8 nitrogen and oxygen atoms in total. The maximum atomic E-state index is 13.2. The molecule has 0 aliphatic carbocycles. The molecule has 1 fully saturated rings. The molecule has 3 atom stereocenters. The van der Waals surface area contributed by atoms with Gasteiger partial charge >= 0.3 is 6.03 Å². The minimum Gasteiger partial charge on any atom is -0.463 e. The molecule has 0 saturated carbocycles. The summed E-state index contributed by atoms with van der Waals surface area (Å²) in [6, 6.07) is 15.4. The number of carbonyl (C=O) groups excluding carboxylic acids is 2. The van der Waals surface area contributed by atoms with Gasteiger partial charge in [-0.25, -0.2) is 4.79 Å². The third kappa shape index (κ3) is 5.38. The summed E-state index contributed by atoms with van der Waals surface area (Å²) in [7, 11) is 2.02. The van der Waals surface area contributed by atoms with E-state index in [-0.39, 0.29) is 11.9 Å². The third-order valence-electron chi connectivity index (χ3n) is 6.02. The van der Waals surface area contributed by atoms with E-state index in [1.54, 1.807) is 11.0 Å². The number of likely N-dealkylation sites (N-methyl/N-ethyl adjacent to an activating group) is 1. The van der Waals surface area contributed by atoms with Crippen molar-refractivity contribution in [1.82, 2.24) is 20.4 Å². The number of ether oxygens (including phenoxy) is 1. The summed E-state index contributed by atoms with van der Waals surface area (Å²) in [4.78, 5) is 30.0. The van der Waals surface area contributed by atoms with Crippen LogP contribution in [0.1, 0.15) is 11.1 Å². The zero-order valence-electron chi connectivity index (χ0n) is 18.2. The summed E-state index contributed by atoms with van der Waals surface area (Å²) in [5.74, 6) is 0.276. The van der Waals surface area contributed by atoms with Crippen LogP contribution in [0.4, 0.5) is 4.79 Å². The van der Waals surface area contributed by atoms with Gasteiger partial charge in [-0.2, -0.15) is 0 Å². The summed E-state index contributed by atoms with van der Waals surface area (Å²) < 4.78 is 5.57. The minimum atomic E-state index is -1.15. The number of aliphatic hydroxyl groups is 1. The molecule has 1 saturated heterocycles. The van der Waals surface area contributed by atoms with Gasteiger partial charge in [0.1, 0.15) is 11.8 Å². The zero-order valence-corrected chi connectivity index (χ0v) is 18.2. The molecule has 2 aromatic rings. The normalized spacial score (nSPS) is 21.8. The van der Waals surface area contributed by atoms with Crippen molar-refractivity contribution < 1.29 is 19.4 Å². The summed E-state index contributed by atoms with van der Waals surface area (Å²) in [6.45, 7) is 2.84. The van der Waals surface area contributed by atoms with Crippen LogP contribution in [0, 0.1) is 0 Å². The van der Waals surface area contributed by atoms with E-state index >= 15 is 0 Å². The molecule has 0 bridgehead atoms. The molecule has 0 aromatic heterocycles. The van der Waals surface area contributed by atoms with Crippen molar-refractivity contribution in [2.75, 3.05) is 33.2 Å². The Hall–Kier alpha value is -3.10. The lowest BCUT2D eigenvalue weighted by Gasteiger charge is -2.34. The molecular weight excluding hydrogens is 408 g/mol. The van der Waals surface area contributed by atoms with Gasteiger partial charge in [0.15, 0.2) is 0 Å². The number of fused-ring (bicyclic) bond motifs is 1. The molecule has 2 aliphatic rings. The number of piperazine rings is 1. The first-order valence-electron chi connectivity index (χ1n) is 11.0. The first kappa shape index (κ1) is 22.1. The number of hydrogen-bond donors (Lipinski definition) is 3. The second kappa shape index (κ2) is 10.0. The largest absolute Gasteiger partial charge is 0.463 e. The van der Waals surface area contributed by atoms with E-state index in [0.717, 1.165) is 24.2 Å². The Kier molecular flexibility index (Phi) is 6.92. The summed E-state index contributed by atoms with van der Waals surface area (Å²) >= 11 is 0. The van der Waals surface area contributed by atoms with Crippen molar-refractivity contribution >= 4 is 11.9 Å². The molecular formula is C24H30N4O4. The number of rotatable bonds is 5. The van der Waals surface area contributed by atoms with E-state index in [9.17, 15) is 14.7 Å². The Bertz CT molecular complexity index is 931. The average molecular weight is 439 g/mol. The van der Waals surface area contributed by atoms with E-state index in [1.807, 2.05) is 55.6 Å². The highest BCUT2D eigenvalue weighted by Crippen LogP contribution is 2.26. The smallest absolute Gasteiger partial charge is 0.318 e. The Labute approximate surface area is 188 Å². The summed E-state index contributed by atoms with van der Waals surface area (Å²) in [5, 5.41) is 16.2. The quantitative estimate of drug-likeness (QED) is 0.648. The fraction of sp³-hybridized carbons (Fsp3) is 0.417. The van der Waals surface area contributed by atoms with Crippen LogP contribution in [0.3, 0.4) is 0 Å². The van der Waals surface area contributed by atoms with Crippen LogP contribution in [0.5, 0.6) is 5.75 Å². The van der Waals surface area contributed by atoms with Gasteiger partial charge in [-0.3, -0.25) is 4.79 Å². The van der Waals surface area contributed by atoms with Crippen molar-refractivity contribution in [3.05, 3.63) is 65.7 Å². The Balaban J connectivity index is 1.45. The number of urea groups is 1. The molecule has 2 aromatic carbocycles.